The van der Waals surface area contributed by atoms with E-state index in [4.69, 9.17) is 9.47 Å². The molecule has 0 heterocycles. The number of halogens is 2. The SMILES string of the molecule is COc1ccc(C[NH2+]CC(O)(c2ccc(F)cc2)c2ccc(F)cc2)cc1OC. The quantitative estimate of drug-likeness (QED) is 0.611. The minimum Gasteiger partial charge on any atom is -0.493 e. The molecule has 0 saturated heterocycles. The first kappa shape index (κ1) is 20.8. The topological polar surface area (TPSA) is 55.3 Å². The van der Waals surface area contributed by atoms with E-state index in [9.17, 15) is 13.9 Å². The van der Waals surface area contributed by atoms with Gasteiger partial charge in [-0.05, 0) is 53.6 Å². The predicted octanol–water partition coefficient (Wildman–Crippen LogP) is 2.98. The van der Waals surface area contributed by atoms with Crippen LogP contribution in [0.25, 0.3) is 0 Å². The predicted molar refractivity (Wildman–Crippen MR) is 106 cm³/mol. The molecule has 3 aromatic rings. The van der Waals surface area contributed by atoms with Crippen LogP contribution in [0.1, 0.15) is 16.7 Å². The first-order valence-electron chi connectivity index (χ1n) is 9.23. The number of hydrogen-bond donors (Lipinski definition) is 2. The van der Waals surface area contributed by atoms with Gasteiger partial charge in [0.25, 0.3) is 0 Å². The molecule has 0 spiro atoms. The largest absolute Gasteiger partial charge is 0.493 e. The van der Waals surface area contributed by atoms with Crippen LogP contribution >= 0.6 is 0 Å². The highest BCUT2D eigenvalue weighted by Crippen LogP contribution is 2.29. The zero-order valence-corrected chi connectivity index (χ0v) is 16.4. The van der Waals surface area contributed by atoms with Crippen LogP contribution in [0.5, 0.6) is 11.5 Å². The van der Waals surface area contributed by atoms with Crippen LogP contribution in [-0.4, -0.2) is 25.9 Å². The first-order chi connectivity index (χ1) is 14.0. The fraction of sp³-hybridized carbons (Fsp3) is 0.217. The van der Waals surface area contributed by atoms with Gasteiger partial charge in [-0.3, -0.25) is 0 Å². The molecule has 0 aromatic heterocycles. The fourth-order valence-electron chi connectivity index (χ4n) is 3.31. The Labute approximate surface area is 168 Å². The van der Waals surface area contributed by atoms with Crippen molar-refractivity contribution in [1.29, 1.82) is 0 Å². The third-order valence-electron chi connectivity index (χ3n) is 4.91. The summed E-state index contributed by atoms with van der Waals surface area (Å²) < 4.78 is 37.3. The average molecular weight is 400 g/mol. The van der Waals surface area contributed by atoms with Crippen molar-refractivity contribution in [3.05, 3.63) is 95.1 Å². The van der Waals surface area contributed by atoms with E-state index in [0.717, 1.165) is 5.56 Å². The van der Waals surface area contributed by atoms with E-state index in [1.807, 2.05) is 23.5 Å². The standard InChI is InChI=1S/C23H23F2NO3/c1-28-21-12-3-16(13-22(21)29-2)14-26-15-23(27,17-4-8-19(24)9-5-17)18-6-10-20(25)11-7-18/h3-13,26-27H,14-15H2,1-2H3/p+1. The van der Waals surface area contributed by atoms with Crippen molar-refractivity contribution in [1.82, 2.24) is 0 Å². The molecule has 0 atom stereocenters. The maximum absolute atomic E-state index is 13.4. The number of quaternary nitrogens is 1. The van der Waals surface area contributed by atoms with E-state index in [1.165, 1.54) is 24.3 Å². The zero-order valence-electron chi connectivity index (χ0n) is 16.4. The molecule has 6 heteroatoms. The number of methoxy groups -OCH3 is 2. The van der Waals surface area contributed by atoms with Crippen molar-refractivity contribution >= 4 is 0 Å². The molecule has 0 aliphatic rings. The van der Waals surface area contributed by atoms with E-state index in [1.54, 1.807) is 38.5 Å². The number of ether oxygens (including phenoxy) is 2. The molecule has 3 rings (SSSR count). The number of benzene rings is 3. The Morgan fingerprint density at radius 2 is 1.31 bits per heavy atom. The van der Waals surface area contributed by atoms with Gasteiger partial charge in [0.1, 0.15) is 24.7 Å². The zero-order chi connectivity index (χ0) is 20.9. The molecule has 0 radical (unpaired) electrons. The van der Waals surface area contributed by atoms with Crippen molar-refractivity contribution in [2.75, 3.05) is 20.8 Å². The van der Waals surface area contributed by atoms with Gasteiger partial charge in [0.15, 0.2) is 17.1 Å². The van der Waals surface area contributed by atoms with Crippen molar-refractivity contribution in [3.63, 3.8) is 0 Å². The highest BCUT2D eigenvalue weighted by Gasteiger charge is 2.33. The van der Waals surface area contributed by atoms with Crippen molar-refractivity contribution in [2.45, 2.75) is 12.1 Å². The van der Waals surface area contributed by atoms with Crippen molar-refractivity contribution in [3.8, 4) is 11.5 Å². The Morgan fingerprint density at radius 1 is 0.793 bits per heavy atom. The third-order valence-corrected chi connectivity index (χ3v) is 4.91. The summed E-state index contributed by atoms with van der Waals surface area (Å²) in [5.74, 6) is 0.505. The van der Waals surface area contributed by atoms with Gasteiger partial charge in [0.05, 0.1) is 14.2 Å². The number of rotatable bonds is 8. The summed E-state index contributed by atoms with van der Waals surface area (Å²) >= 11 is 0. The van der Waals surface area contributed by atoms with Gasteiger partial charge in [-0.2, -0.15) is 0 Å². The fourth-order valence-corrected chi connectivity index (χ4v) is 3.31. The van der Waals surface area contributed by atoms with Gasteiger partial charge in [0.2, 0.25) is 0 Å². The molecular weight excluding hydrogens is 376 g/mol. The molecule has 4 nitrogen and oxygen atoms in total. The minimum atomic E-state index is -1.40. The van der Waals surface area contributed by atoms with Gasteiger partial charge < -0.3 is 19.9 Å². The Balaban J connectivity index is 1.82. The Hall–Kier alpha value is -2.96. The lowest BCUT2D eigenvalue weighted by Crippen LogP contribution is -2.86. The summed E-state index contributed by atoms with van der Waals surface area (Å²) in [7, 11) is 3.16. The van der Waals surface area contributed by atoms with E-state index in [0.29, 0.717) is 29.2 Å². The second-order valence-electron chi connectivity index (χ2n) is 6.76. The molecule has 152 valence electrons. The number of hydrogen-bond acceptors (Lipinski definition) is 3. The van der Waals surface area contributed by atoms with Crippen molar-refractivity contribution < 1.29 is 28.7 Å². The van der Waals surface area contributed by atoms with Gasteiger partial charge in [-0.1, -0.05) is 24.3 Å². The summed E-state index contributed by atoms with van der Waals surface area (Å²) in [6, 6.07) is 17.0. The molecule has 0 amide bonds. The van der Waals surface area contributed by atoms with Gasteiger partial charge in [0, 0.05) is 5.56 Å². The lowest BCUT2D eigenvalue weighted by Gasteiger charge is -2.28. The molecule has 0 unspecified atom stereocenters. The lowest BCUT2D eigenvalue weighted by atomic mass is 9.86. The molecule has 0 bridgehead atoms. The Bertz CT molecular complexity index is 898. The second-order valence-corrected chi connectivity index (χ2v) is 6.76. The normalized spacial score (nSPS) is 11.3. The van der Waals surface area contributed by atoms with Gasteiger partial charge in [-0.15, -0.1) is 0 Å². The summed E-state index contributed by atoms with van der Waals surface area (Å²) in [6.45, 7) is 0.837. The molecule has 29 heavy (non-hydrogen) atoms. The highest BCUT2D eigenvalue weighted by atomic mass is 19.1. The molecule has 0 saturated carbocycles. The van der Waals surface area contributed by atoms with Crippen LogP contribution in [0.3, 0.4) is 0 Å². The number of aliphatic hydroxyl groups is 1. The van der Waals surface area contributed by atoms with E-state index < -0.39 is 5.60 Å². The summed E-state index contributed by atoms with van der Waals surface area (Å²) in [6.07, 6.45) is 0. The van der Waals surface area contributed by atoms with Crippen LogP contribution in [0.15, 0.2) is 66.7 Å². The van der Waals surface area contributed by atoms with E-state index in [-0.39, 0.29) is 18.2 Å². The summed E-state index contributed by atoms with van der Waals surface area (Å²) in [5, 5.41) is 13.4. The molecular formula is C23H24F2NO3+. The van der Waals surface area contributed by atoms with Crippen LogP contribution in [-0.2, 0) is 12.1 Å². The maximum Gasteiger partial charge on any atom is 0.163 e. The molecule has 0 aliphatic carbocycles. The van der Waals surface area contributed by atoms with Crippen LogP contribution in [0, 0.1) is 11.6 Å². The number of nitrogens with two attached hydrogens (primary N) is 1. The molecule has 3 N–H and O–H groups in total. The second kappa shape index (κ2) is 9.03. The van der Waals surface area contributed by atoms with Gasteiger partial charge >= 0.3 is 0 Å². The summed E-state index contributed by atoms with van der Waals surface area (Å²) in [5.41, 5.74) is 0.657. The Morgan fingerprint density at radius 3 is 1.79 bits per heavy atom. The van der Waals surface area contributed by atoms with Crippen LogP contribution < -0.4 is 14.8 Å². The third kappa shape index (κ3) is 4.72. The first-order valence-corrected chi connectivity index (χ1v) is 9.23. The van der Waals surface area contributed by atoms with Crippen LogP contribution in [0.4, 0.5) is 8.78 Å². The molecule has 0 fully saturated rings. The average Bonchev–Trinajstić information content (AvgIpc) is 2.74. The Kier molecular flexibility index (Phi) is 6.46. The molecule has 0 aliphatic heterocycles. The van der Waals surface area contributed by atoms with Gasteiger partial charge in [-0.25, -0.2) is 8.78 Å². The maximum atomic E-state index is 13.4. The smallest absolute Gasteiger partial charge is 0.163 e. The minimum absolute atomic E-state index is 0.263. The highest BCUT2D eigenvalue weighted by molar-refractivity contribution is 5.42. The lowest BCUT2D eigenvalue weighted by molar-refractivity contribution is -0.682. The van der Waals surface area contributed by atoms with E-state index in [2.05, 4.69) is 0 Å². The van der Waals surface area contributed by atoms with Crippen molar-refractivity contribution in [2.24, 2.45) is 0 Å². The van der Waals surface area contributed by atoms with E-state index >= 15 is 0 Å². The summed E-state index contributed by atoms with van der Waals surface area (Å²) in [4.78, 5) is 0. The molecule has 3 aromatic carbocycles. The van der Waals surface area contributed by atoms with Crippen LogP contribution in [0.2, 0.25) is 0 Å². The monoisotopic (exact) mass is 400 g/mol.